The second-order valence-corrected chi connectivity index (χ2v) is 6.09. The van der Waals surface area contributed by atoms with E-state index in [0.717, 1.165) is 19.4 Å². The van der Waals surface area contributed by atoms with Crippen molar-refractivity contribution in [2.45, 2.75) is 96.7 Å². The van der Waals surface area contributed by atoms with Crippen molar-refractivity contribution in [3.05, 3.63) is 0 Å². The summed E-state index contributed by atoms with van der Waals surface area (Å²) in [5.74, 6) is 0.643. The van der Waals surface area contributed by atoms with E-state index in [2.05, 4.69) is 6.92 Å². The van der Waals surface area contributed by atoms with Gasteiger partial charge in [0, 0.05) is 6.61 Å². The zero-order chi connectivity index (χ0) is 13.9. The maximum atomic E-state index is 10.2. The fourth-order valence-corrected chi connectivity index (χ4v) is 2.83. The average molecular weight is 270 g/mol. The fraction of sp³-hybridized carbons (Fsp3) is 1.00. The Morgan fingerprint density at radius 1 is 0.947 bits per heavy atom. The molecular formula is C17H34O2. The standard InChI is InChI=1S/C17H34O2/c1-3-5-6-7-8-9-10-11-12-16(18)17(19-4-2)15-13-14-15/h15-18H,3-14H2,1-2H3. The smallest absolute Gasteiger partial charge is 0.0861 e. The van der Waals surface area contributed by atoms with Crippen LogP contribution in [0.25, 0.3) is 0 Å². The second kappa shape index (κ2) is 10.7. The Hall–Kier alpha value is -0.0800. The molecule has 1 fully saturated rings. The van der Waals surface area contributed by atoms with Gasteiger partial charge in [0.15, 0.2) is 0 Å². The predicted octanol–water partition coefficient (Wildman–Crippen LogP) is 4.69. The molecule has 19 heavy (non-hydrogen) atoms. The average Bonchev–Trinajstić information content (AvgIpc) is 3.23. The number of hydrogen-bond donors (Lipinski definition) is 1. The SMILES string of the molecule is CCCCCCCCCCC(O)C(OCC)C1CC1. The van der Waals surface area contributed by atoms with Gasteiger partial charge in [-0.2, -0.15) is 0 Å². The van der Waals surface area contributed by atoms with E-state index in [0.29, 0.717) is 5.92 Å². The summed E-state index contributed by atoms with van der Waals surface area (Å²) >= 11 is 0. The molecule has 0 spiro atoms. The van der Waals surface area contributed by atoms with Gasteiger partial charge in [0.05, 0.1) is 12.2 Å². The van der Waals surface area contributed by atoms with E-state index >= 15 is 0 Å². The molecule has 0 amide bonds. The van der Waals surface area contributed by atoms with Gasteiger partial charge in [-0.15, -0.1) is 0 Å². The summed E-state index contributed by atoms with van der Waals surface area (Å²) in [7, 11) is 0. The van der Waals surface area contributed by atoms with Gasteiger partial charge in [0.1, 0.15) is 0 Å². The molecule has 0 heterocycles. The molecule has 0 aliphatic heterocycles. The highest BCUT2D eigenvalue weighted by atomic mass is 16.5. The Labute approximate surface area is 119 Å². The van der Waals surface area contributed by atoms with Gasteiger partial charge < -0.3 is 9.84 Å². The number of aliphatic hydroxyl groups excluding tert-OH is 1. The fourth-order valence-electron chi connectivity index (χ4n) is 2.83. The largest absolute Gasteiger partial charge is 0.390 e. The van der Waals surface area contributed by atoms with Crippen LogP contribution < -0.4 is 0 Å². The van der Waals surface area contributed by atoms with Crippen LogP contribution >= 0.6 is 0 Å². The Kier molecular flexibility index (Phi) is 9.54. The predicted molar refractivity (Wildman–Crippen MR) is 81.4 cm³/mol. The maximum absolute atomic E-state index is 10.2. The molecule has 0 aromatic rings. The molecule has 0 aromatic carbocycles. The lowest BCUT2D eigenvalue weighted by atomic mass is 10.0. The van der Waals surface area contributed by atoms with Crippen LogP contribution in [0.1, 0.15) is 84.5 Å². The summed E-state index contributed by atoms with van der Waals surface area (Å²) in [6.07, 6.45) is 13.9. The topological polar surface area (TPSA) is 29.5 Å². The van der Waals surface area contributed by atoms with E-state index in [1.54, 1.807) is 0 Å². The minimum atomic E-state index is -0.229. The lowest BCUT2D eigenvalue weighted by Gasteiger charge is -2.22. The monoisotopic (exact) mass is 270 g/mol. The van der Waals surface area contributed by atoms with Crippen LogP contribution in [0.2, 0.25) is 0 Å². The molecule has 0 saturated heterocycles. The van der Waals surface area contributed by atoms with E-state index in [4.69, 9.17) is 4.74 Å². The van der Waals surface area contributed by atoms with Gasteiger partial charge >= 0.3 is 0 Å². The highest BCUT2D eigenvalue weighted by molar-refractivity contribution is 4.86. The normalized spacial score (nSPS) is 18.5. The Morgan fingerprint density at radius 2 is 1.53 bits per heavy atom. The van der Waals surface area contributed by atoms with Gasteiger partial charge in [0.25, 0.3) is 0 Å². The summed E-state index contributed by atoms with van der Waals surface area (Å²) in [5.41, 5.74) is 0. The summed E-state index contributed by atoms with van der Waals surface area (Å²) in [6, 6.07) is 0. The highest BCUT2D eigenvalue weighted by Gasteiger charge is 2.36. The quantitative estimate of drug-likeness (QED) is 0.492. The minimum Gasteiger partial charge on any atom is -0.390 e. The molecule has 2 nitrogen and oxygen atoms in total. The third-order valence-corrected chi connectivity index (χ3v) is 4.18. The minimum absolute atomic E-state index is 0.120. The molecule has 2 unspecified atom stereocenters. The Morgan fingerprint density at radius 3 is 2.05 bits per heavy atom. The molecule has 0 radical (unpaired) electrons. The zero-order valence-electron chi connectivity index (χ0n) is 13.1. The van der Waals surface area contributed by atoms with E-state index in [1.165, 1.54) is 57.8 Å². The van der Waals surface area contributed by atoms with Crippen molar-refractivity contribution < 1.29 is 9.84 Å². The van der Waals surface area contributed by atoms with E-state index in [1.807, 2.05) is 6.92 Å². The van der Waals surface area contributed by atoms with Gasteiger partial charge in [-0.1, -0.05) is 58.3 Å². The van der Waals surface area contributed by atoms with Crippen LogP contribution in [-0.2, 0) is 4.74 Å². The second-order valence-electron chi connectivity index (χ2n) is 6.09. The summed E-state index contributed by atoms with van der Waals surface area (Å²) in [4.78, 5) is 0. The molecule has 2 heteroatoms. The van der Waals surface area contributed by atoms with Crippen molar-refractivity contribution in [1.82, 2.24) is 0 Å². The summed E-state index contributed by atoms with van der Waals surface area (Å²) < 4.78 is 5.70. The number of hydrogen-bond acceptors (Lipinski definition) is 2. The number of unbranched alkanes of at least 4 members (excludes halogenated alkanes) is 7. The maximum Gasteiger partial charge on any atom is 0.0861 e. The first kappa shape index (κ1) is 17.0. The first-order valence-electron chi connectivity index (χ1n) is 8.59. The van der Waals surface area contributed by atoms with Crippen molar-refractivity contribution >= 4 is 0 Å². The molecule has 2 atom stereocenters. The van der Waals surface area contributed by atoms with Crippen molar-refractivity contribution in [2.24, 2.45) is 5.92 Å². The number of aliphatic hydroxyl groups is 1. The summed E-state index contributed by atoms with van der Waals surface area (Å²) in [5, 5.41) is 10.2. The third-order valence-electron chi connectivity index (χ3n) is 4.18. The van der Waals surface area contributed by atoms with Gasteiger partial charge in [-0.3, -0.25) is 0 Å². The van der Waals surface area contributed by atoms with Crippen LogP contribution in [0.15, 0.2) is 0 Å². The Bertz CT molecular complexity index is 201. The third kappa shape index (κ3) is 7.94. The van der Waals surface area contributed by atoms with Crippen LogP contribution in [0, 0.1) is 5.92 Å². The molecule has 0 aromatic heterocycles. The molecular weight excluding hydrogens is 236 g/mol. The highest BCUT2D eigenvalue weighted by Crippen LogP contribution is 2.36. The molecule has 0 bridgehead atoms. The summed E-state index contributed by atoms with van der Waals surface area (Å²) in [6.45, 7) is 5.02. The van der Waals surface area contributed by atoms with Crippen LogP contribution in [0.5, 0.6) is 0 Å². The van der Waals surface area contributed by atoms with Crippen molar-refractivity contribution in [1.29, 1.82) is 0 Å². The first-order chi connectivity index (χ1) is 9.29. The van der Waals surface area contributed by atoms with Gasteiger partial charge in [-0.05, 0) is 32.1 Å². The van der Waals surface area contributed by atoms with Crippen LogP contribution in [0.3, 0.4) is 0 Å². The van der Waals surface area contributed by atoms with E-state index in [-0.39, 0.29) is 12.2 Å². The molecule has 1 aliphatic rings. The van der Waals surface area contributed by atoms with Crippen molar-refractivity contribution in [3.63, 3.8) is 0 Å². The molecule has 1 saturated carbocycles. The van der Waals surface area contributed by atoms with Crippen LogP contribution in [-0.4, -0.2) is 23.9 Å². The van der Waals surface area contributed by atoms with Crippen LogP contribution in [0.4, 0.5) is 0 Å². The molecule has 1 aliphatic carbocycles. The molecule has 1 N–H and O–H groups in total. The van der Waals surface area contributed by atoms with E-state index in [9.17, 15) is 5.11 Å². The van der Waals surface area contributed by atoms with Crippen molar-refractivity contribution in [2.75, 3.05) is 6.61 Å². The van der Waals surface area contributed by atoms with Crippen molar-refractivity contribution in [3.8, 4) is 0 Å². The first-order valence-corrected chi connectivity index (χ1v) is 8.59. The van der Waals surface area contributed by atoms with Gasteiger partial charge in [0.2, 0.25) is 0 Å². The molecule has 114 valence electrons. The molecule has 1 rings (SSSR count). The zero-order valence-corrected chi connectivity index (χ0v) is 13.1. The number of rotatable bonds is 13. The van der Waals surface area contributed by atoms with Gasteiger partial charge in [-0.25, -0.2) is 0 Å². The van der Waals surface area contributed by atoms with E-state index < -0.39 is 0 Å². The lowest BCUT2D eigenvalue weighted by Crippen LogP contribution is -2.31. The lowest BCUT2D eigenvalue weighted by molar-refractivity contribution is -0.0483. The number of ether oxygens (including phenoxy) is 1. The Balaban J connectivity index is 1.95.